The molecule has 3 aromatic rings. The third kappa shape index (κ3) is 4.62. The maximum absolute atomic E-state index is 12.6. The SMILES string of the molecule is CCC(CC)Nc1c2c(nc3c(-c4ccc(OC(F)(F)F)cc4Cl)c(C)nn13)CCC2.Cl. The number of anilines is 1. The molecule has 5 nitrogen and oxygen atoms in total. The van der Waals surface area contributed by atoms with E-state index < -0.39 is 6.36 Å². The van der Waals surface area contributed by atoms with Crippen molar-refractivity contribution in [3.8, 4) is 16.9 Å². The van der Waals surface area contributed by atoms with Crippen LogP contribution in [0.3, 0.4) is 0 Å². The molecule has 2 aromatic heterocycles. The summed E-state index contributed by atoms with van der Waals surface area (Å²) in [6.45, 7) is 6.14. The van der Waals surface area contributed by atoms with E-state index in [1.165, 1.54) is 23.8 Å². The molecule has 0 fully saturated rings. The van der Waals surface area contributed by atoms with Crippen LogP contribution in [0.2, 0.25) is 5.02 Å². The molecular formula is C22H25Cl2F3N4O. The van der Waals surface area contributed by atoms with Crippen LogP contribution in [0.15, 0.2) is 18.2 Å². The van der Waals surface area contributed by atoms with Crippen LogP contribution >= 0.6 is 24.0 Å². The summed E-state index contributed by atoms with van der Waals surface area (Å²) in [5.41, 5.74) is 4.87. The van der Waals surface area contributed by atoms with Crippen molar-refractivity contribution in [3.63, 3.8) is 0 Å². The summed E-state index contributed by atoms with van der Waals surface area (Å²) in [7, 11) is 0. The standard InChI is InChI=1S/C22H24ClF3N4O.ClH/c1-4-13(5-2)27-20-16-7-6-8-18(16)28-21-19(12(3)29-30(20)21)15-10-9-14(11-17(15)23)31-22(24,25)26;/h9-11,13,27H,4-8H2,1-3H3;1H. The number of benzene rings is 1. The van der Waals surface area contributed by atoms with Gasteiger partial charge in [0.1, 0.15) is 11.6 Å². The van der Waals surface area contributed by atoms with Gasteiger partial charge in [0.25, 0.3) is 0 Å². The van der Waals surface area contributed by atoms with E-state index in [4.69, 9.17) is 21.7 Å². The summed E-state index contributed by atoms with van der Waals surface area (Å²) in [5.74, 6) is 0.592. The fourth-order valence-electron chi connectivity index (χ4n) is 4.18. The predicted molar refractivity (Wildman–Crippen MR) is 122 cm³/mol. The molecule has 32 heavy (non-hydrogen) atoms. The van der Waals surface area contributed by atoms with Gasteiger partial charge in [0.2, 0.25) is 0 Å². The Labute approximate surface area is 195 Å². The summed E-state index contributed by atoms with van der Waals surface area (Å²) in [6.07, 6.45) is 0.0520. The van der Waals surface area contributed by atoms with Gasteiger partial charge in [-0.1, -0.05) is 25.4 Å². The van der Waals surface area contributed by atoms with Gasteiger partial charge in [-0.15, -0.1) is 25.6 Å². The van der Waals surface area contributed by atoms with Gasteiger partial charge in [0.05, 0.1) is 16.3 Å². The normalized spacial score (nSPS) is 13.4. The van der Waals surface area contributed by atoms with E-state index in [0.717, 1.165) is 43.6 Å². The first-order valence-electron chi connectivity index (χ1n) is 10.4. The van der Waals surface area contributed by atoms with Crippen molar-refractivity contribution >= 4 is 35.5 Å². The molecule has 1 aliphatic carbocycles. The monoisotopic (exact) mass is 488 g/mol. The van der Waals surface area contributed by atoms with Crippen LogP contribution in [0, 0.1) is 6.92 Å². The quantitative estimate of drug-likeness (QED) is 0.415. The summed E-state index contributed by atoms with van der Waals surface area (Å²) >= 11 is 6.38. The second-order valence-corrected chi connectivity index (χ2v) is 8.19. The Balaban J connectivity index is 0.00000289. The van der Waals surface area contributed by atoms with Crippen molar-refractivity contribution in [2.45, 2.75) is 65.3 Å². The molecule has 0 bridgehead atoms. The molecule has 1 aromatic carbocycles. The zero-order valence-corrected chi connectivity index (χ0v) is 19.6. The third-order valence-corrected chi connectivity index (χ3v) is 6.05. The highest BCUT2D eigenvalue weighted by molar-refractivity contribution is 6.33. The van der Waals surface area contributed by atoms with Crippen molar-refractivity contribution in [2.24, 2.45) is 0 Å². The summed E-state index contributed by atoms with van der Waals surface area (Å²) in [4.78, 5) is 4.89. The van der Waals surface area contributed by atoms with E-state index in [1.807, 2.05) is 11.4 Å². The Bertz CT molecular complexity index is 1130. The third-order valence-electron chi connectivity index (χ3n) is 5.73. The Hall–Kier alpha value is -2.19. The number of rotatable bonds is 6. The first-order valence-corrected chi connectivity index (χ1v) is 10.8. The van der Waals surface area contributed by atoms with E-state index in [1.54, 1.807) is 0 Å². The molecule has 2 heterocycles. The highest BCUT2D eigenvalue weighted by Crippen LogP contribution is 2.39. The van der Waals surface area contributed by atoms with Crippen LogP contribution < -0.4 is 10.1 Å². The molecule has 4 rings (SSSR count). The lowest BCUT2D eigenvalue weighted by Gasteiger charge is -2.20. The summed E-state index contributed by atoms with van der Waals surface area (Å²) in [5, 5.41) is 8.53. The van der Waals surface area contributed by atoms with E-state index in [-0.39, 0.29) is 23.2 Å². The van der Waals surface area contributed by atoms with Gasteiger partial charge in [0.15, 0.2) is 5.65 Å². The van der Waals surface area contributed by atoms with Crippen LogP contribution in [0.1, 0.15) is 50.1 Å². The van der Waals surface area contributed by atoms with Gasteiger partial charge in [-0.2, -0.15) is 9.61 Å². The average Bonchev–Trinajstić information content (AvgIpc) is 3.28. The van der Waals surface area contributed by atoms with Crippen LogP contribution in [0.5, 0.6) is 5.75 Å². The molecule has 0 atom stereocenters. The maximum Gasteiger partial charge on any atom is 0.573 e. The summed E-state index contributed by atoms with van der Waals surface area (Å²) < 4.78 is 43.5. The van der Waals surface area contributed by atoms with Crippen molar-refractivity contribution in [1.29, 1.82) is 0 Å². The predicted octanol–water partition coefficient (Wildman–Crippen LogP) is 6.77. The number of hydrogen-bond acceptors (Lipinski definition) is 4. The van der Waals surface area contributed by atoms with Crippen molar-refractivity contribution in [3.05, 3.63) is 40.2 Å². The molecule has 0 saturated heterocycles. The van der Waals surface area contributed by atoms with Crippen LogP contribution in [0.4, 0.5) is 19.0 Å². The lowest BCUT2D eigenvalue weighted by atomic mass is 10.1. The lowest BCUT2D eigenvalue weighted by molar-refractivity contribution is -0.274. The second kappa shape index (κ2) is 9.35. The molecule has 0 radical (unpaired) electrons. The lowest BCUT2D eigenvalue weighted by Crippen LogP contribution is -2.21. The van der Waals surface area contributed by atoms with Gasteiger partial charge < -0.3 is 10.1 Å². The van der Waals surface area contributed by atoms with E-state index >= 15 is 0 Å². The fourth-order valence-corrected chi connectivity index (χ4v) is 4.45. The smallest absolute Gasteiger partial charge is 0.406 e. The second-order valence-electron chi connectivity index (χ2n) is 7.78. The average molecular weight is 489 g/mol. The molecule has 10 heteroatoms. The zero-order valence-electron chi connectivity index (χ0n) is 18.0. The Morgan fingerprint density at radius 3 is 2.56 bits per heavy atom. The number of aryl methyl sites for hydroxylation is 2. The number of nitrogens with zero attached hydrogens (tertiary/aromatic N) is 3. The molecule has 1 N–H and O–H groups in total. The number of alkyl halides is 3. The Morgan fingerprint density at radius 2 is 1.94 bits per heavy atom. The Kier molecular flexibility index (Phi) is 7.15. The zero-order chi connectivity index (χ0) is 22.3. The van der Waals surface area contributed by atoms with E-state index in [9.17, 15) is 13.2 Å². The molecule has 174 valence electrons. The van der Waals surface area contributed by atoms with E-state index in [2.05, 4.69) is 23.9 Å². The Morgan fingerprint density at radius 1 is 1.22 bits per heavy atom. The largest absolute Gasteiger partial charge is 0.573 e. The first kappa shape index (κ1) is 24.5. The number of nitrogens with one attached hydrogen (secondary N) is 1. The number of ether oxygens (including phenoxy) is 1. The molecule has 1 aliphatic rings. The number of halogens is 5. The summed E-state index contributed by atoms with van der Waals surface area (Å²) in [6, 6.07) is 4.26. The minimum atomic E-state index is -4.77. The number of hydrogen-bond donors (Lipinski definition) is 1. The van der Waals surface area contributed by atoms with Crippen molar-refractivity contribution in [2.75, 3.05) is 5.32 Å². The minimum absolute atomic E-state index is 0. The van der Waals surface area contributed by atoms with Gasteiger partial charge in [0, 0.05) is 22.9 Å². The molecule has 0 amide bonds. The van der Waals surface area contributed by atoms with Gasteiger partial charge >= 0.3 is 6.36 Å². The maximum atomic E-state index is 12.6. The highest BCUT2D eigenvalue weighted by Gasteiger charge is 2.31. The van der Waals surface area contributed by atoms with Gasteiger partial charge in [-0.25, -0.2) is 4.98 Å². The molecular weight excluding hydrogens is 464 g/mol. The molecule has 0 saturated carbocycles. The topological polar surface area (TPSA) is 51.5 Å². The van der Waals surface area contributed by atoms with Crippen molar-refractivity contribution < 1.29 is 17.9 Å². The minimum Gasteiger partial charge on any atom is -0.406 e. The number of fused-ring (bicyclic) bond motifs is 2. The molecule has 0 spiro atoms. The molecule has 0 aliphatic heterocycles. The van der Waals surface area contributed by atoms with Crippen LogP contribution in [-0.2, 0) is 12.8 Å². The molecule has 0 unspecified atom stereocenters. The fraction of sp³-hybridized carbons (Fsp3) is 0.455. The van der Waals surface area contributed by atoms with E-state index in [0.29, 0.717) is 28.5 Å². The van der Waals surface area contributed by atoms with Crippen LogP contribution in [0.25, 0.3) is 16.8 Å². The first-order chi connectivity index (χ1) is 14.7. The van der Waals surface area contributed by atoms with Crippen molar-refractivity contribution in [1.82, 2.24) is 14.6 Å². The van der Waals surface area contributed by atoms with Gasteiger partial charge in [-0.05, 0) is 57.2 Å². The number of aromatic nitrogens is 3. The van der Waals surface area contributed by atoms with Gasteiger partial charge in [-0.3, -0.25) is 0 Å². The van der Waals surface area contributed by atoms with Crippen LogP contribution in [-0.4, -0.2) is 27.0 Å². The highest BCUT2D eigenvalue weighted by atomic mass is 35.5.